The van der Waals surface area contributed by atoms with Crippen LogP contribution in [0.1, 0.15) is 0 Å². The molecule has 0 amide bonds. The first-order chi connectivity index (χ1) is 4.24. The summed E-state index contributed by atoms with van der Waals surface area (Å²) in [5.41, 5.74) is 1.50. The van der Waals surface area contributed by atoms with Crippen molar-refractivity contribution in [3.05, 3.63) is 24.3 Å². The van der Waals surface area contributed by atoms with E-state index in [4.69, 9.17) is 0 Å². The van der Waals surface area contributed by atoms with Gasteiger partial charge in [-0.05, 0) is 17.6 Å². The lowest BCUT2D eigenvalue weighted by molar-refractivity contribution is 1.37. The monoisotopic (exact) mass is 140 g/mol. The van der Waals surface area contributed by atoms with Gasteiger partial charge in [0.1, 0.15) is 0 Å². The van der Waals surface area contributed by atoms with Crippen LogP contribution >= 0.6 is 10.0 Å². The maximum absolute atomic E-state index is 3.77. The Morgan fingerprint density at radius 3 is 3.00 bits per heavy atom. The molecule has 0 aromatic rings. The Morgan fingerprint density at radius 2 is 2.67 bits per heavy atom. The average Bonchev–Trinajstić information content (AvgIpc) is 2.33. The number of rotatable bonds is 1. The second-order valence-electron chi connectivity index (χ2n) is 3.15. The molecular weight excluding hydrogens is 128 g/mol. The van der Waals surface area contributed by atoms with E-state index in [1.54, 1.807) is 0 Å². The van der Waals surface area contributed by atoms with Crippen LogP contribution in [0.4, 0.5) is 0 Å². The molecule has 0 aromatic heterocycles. The first-order valence-corrected chi connectivity index (χ1v) is 5.74. The van der Waals surface area contributed by atoms with E-state index < -0.39 is 0 Å². The van der Waals surface area contributed by atoms with E-state index in [-0.39, 0.29) is 10.0 Å². The molecule has 2 aliphatic rings. The third kappa shape index (κ3) is 0.677. The average molecular weight is 140 g/mol. The summed E-state index contributed by atoms with van der Waals surface area (Å²) in [6.07, 6.45) is 6.89. The number of hydrogen-bond donors (Lipinski definition) is 0. The highest BCUT2D eigenvalue weighted by Gasteiger charge is 2.47. The van der Waals surface area contributed by atoms with Gasteiger partial charge in [-0.3, -0.25) is 0 Å². The smallest absolute Gasteiger partial charge is 0.0153 e. The van der Waals surface area contributed by atoms with Crippen molar-refractivity contribution in [2.75, 3.05) is 17.8 Å². The standard InChI is InChI=1S/C8H12S/c1-3-7-4-8-6-9(8,2)5-7/h3-4,8H,1,5-6H2,2H3/t8-/m1/s1. The van der Waals surface area contributed by atoms with Crippen molar-refractivity contribution >= 4 is 10.0 Å². The predicted octanol–water partition coefficient (Wildman–Crippen LogP) is 1.93. The van der Waals surface area contributed by atoms with E-state index in [2.05, 4.69) is 18.9 Å². The summed E-state index contributed by atoms with van der Waals surface area (Å²) in [5, 5.41) is 0.991. The first-order valence-electron chi connectivity index (χ1n) is 3.30. The Kier molecular flexibility index (Phi) is 0.907. The molecule has 0 nitrogen and oxygen atoms in total. The van der Waals surface area contributed by atoms with Gasteiger partial charge in [0, 0.05) is 11.0 Å². The minimum absolute atomic E-state index is 0.105. The van der Waals surface area contributed by atoms with Gasteiger partial charge in [-0.15, -0.1) is 0 Å². The molecule has 2 heterocycles. The van der Waals surface area contributed by atoms with E-state index in [0.29, 0.717) is 0 Å². The molecule has 2 rings (SSSR count). The second-order valence-corrected chi connectivity index (χ2v) is 7.07. The lowest BCUT2D eigenvalue weighted by atomic mass is 10.2. The maximum Gasteiger partial charge on any atom is 0.0153 e. The molecule has 0 spiro atoms. The van der Waals surface area contributed by atoms with E-state index in [1.807, 2.05) is 6.08 Å². The van der Waals surface area contributed by atoms with Crippen molar-refractivity contribution in [2.24, 2.45) is 0 Å². The fraction of sp³-hybridized carbons (Fsp3) is 0.500. The molecule has 2 aliphatic heterocycles. The van der Waals surface area contributed by atoms with Crippen LogP contribution in [0, 0.1) is 0 Å². The van der Waals surface area contributed by atoms with Crippen LogP contribution in [-0.2, 0) is 0 Å². The normalized spacial score (nSPS) is 53.0. The Hall–Kier alpha value is -0.170. The van der Waals surface area contributed by atoms with Crippen molar-refractivity contribution in [2.45, 2.75) is 5.25 Å². The highest BCUT2D eigenvalue weighted by atomic mass is 32.3. The minimum Gasteiger partial charge on any atom is -0.231 e. The quantitative estimate of drug-likeness (QED) is 0.488. The maximum atomic E-state index is 3.77. The lowest BCUT2D eigenvalue weighted by Crippen LogP contribution is -1.84. The van der Waals surface area contributed by atoms with Gasteiger partial charge in [-0.2, -0.15) is 0 Å². The number of hydrogen-bond acceptors (Lipinski definition) is 0. The second kappa shape index (κ2) is 1.46. The molecule has 1 unspecified atom stereocenters. The largest absolute Gasteiger partial charge is 0.231 e. The highest BCUT2D eigenvalue weighted by Crippen LogP contribution is 2.70. The Bertz CT molecular complexity index is 193. The van der Waals surface area contributed by atoms with Crippen molar-refractivity contribution in [3.63, 3.8) is 0 Å². The molecule has 0 radical (unpaired) electrons. The molecule has 1 heteroatoms. The van der Waals surface area contributed by atoms with E-state index >= 15 is 0 Å². The minimum atomic E-state index is -0.105. The van der Waals surface area contributed by atoms with Crippen molar-refractivity contribution in [3.8, 4) is 0 Å². The van der Waals surface area contributed by atoms with Gasteiger partial charge in [-0.1, -0.05) is 18.7 Å². The van der Waals surface area contributed by atoms with Gasteiger partial charge in [0.2, 0.25) is 0 Å². The molecule has 0 N–H and O–H groups in total. The van der Waals surface area contributed by atoms with Crippen molar-refractivity contribution in [1.29, 1.82) is 0 Å². The molecular formula is C8H12S. The van der Waals surface area contributed by atoms with Crippen LogP contribution in [-0.4, -0.2) is 23.0 Å². The molecule has 0 aliphatic carbocycles. The fourth-order valence-corrected chi connectivity index (χ4v) is 4.78. The summed E-state index contributed by atoms with van der Waals surface area (Å²) >= 11 is 0. The zero-order chi connectivity index (χ0) is 6.48. The molecule has 1 saturated heterocycles. The van der Waals surface area contributed by atoms with Crippen LogP contribution in [0.3, 0.4) is 0 Å². The molecule has 1 fully saturated rings. The van der Waals surface area contributed by atoms with Crippen molar-refractivity contribution < 1.29 is 0 Å². The van der Waals surface area contributed by atoms with E-state index in [1.165, 1.54) is 17.1 Å². The third-order valence-corrected chi connectivity index (χ3v) is 5.77. The zero-order valence-electron chi connectivity index (χ0n) is 5.76. The van der Waals surface area contributed by atoms with Gasteiger partial charge >= 0.3 is 0 Å². The lowest BCUT2D eigenvalue weighted by Gasteiger charge is -2.08. The summed E-state index contributed by atoms with van der Waals surface area (Å²) < 4.78 is 0. The van der Waals surface area contributed by atoms with Gasteiger partial charge < -0.3 is 0 Å². The molecule has 2 atom stereocenters. The Balaban J connectivity index is 2.20. The third-order valence-electron chi connectivity index (χ3n) is 2.32. The van der Waals surface area contributed by atoms with Crippen molar-refractivity contribution in [1.82, 2.24) is 0 Å². The number of allylic oxidation sites excluding steroid dienone is 1. The molecule has 0 saturated carbocycles. The first kappa shape index (κ1) is 5.60. The summed E-state index contributed by atoms with van der Waals surface area (Å²) in [6, 6.07) is 0. The summed E-state index contributed by atoms with van der Waals surface area (Å²) in [7, 11) is -0.105. The zero-order valence-corrected chi connectivity index (χ0v) is 6.58. The summed E-state index contributed by atoms with van der Waals surface area (Å²) in [5.74, 6) is 2.87. The fourth-order valence-electron chi connectivity index (χ4n) is 1.51. The highest BCUT2D eigenvalue weighted by molar-refractivity contribution is 8.40. The van der Waals surface area contributed by atoms with Crippen LogP contribution in [0.25, 0.3) is 0 Å². The molecule has 0 aromatic carbocycles. The SMILES string of the molecule is C=CC1=C[C@@H]2CS2(C)C1. The van der Waals surface area contributed by atoms with E-state index in [9.17, 15) is 0 Å². The summed E-state index contributed by atoms with van der Waals surface area (Å²) in [4.78, 5) is 0. The van der Waals surface area contributed by atoms with Gasteiger partial charge in [-0.25, -0.2) is 10.0 Å². The molecule has 9 heavy (non-hydrogen) atoms. The molecule has 0 bridgehead atoms. The topological polar surface area (TPSA) is 0 Å². The predicted molar refractivity (Wildman–Crippen MR) is 45.3 cm³/mol. The van der Waals surface area contributed by atoms with Gasteiger partial charge in [0.15, 0.2) is 0 Å². The Morgan fingerprint density at radius 1 is 1.89 bits per heavy atom. The Labute approximate surface area is 58.0 Å². The molecule has 50 valence electrons. The number of fused-ring (bicyclic) bond motifs is 1. The van der Waals surface area contributed by atoms with Gasteiger partial charge in [0.25, 0.3) is 0 Å². The summed E-state index contributed by atoms with van der Waals surface area (Å²) in [6.45, 7) is 3.77. The van der Waals surface area contributed by atoms with Gasteiger partial charge in [0.05, 0.1) is 0 Å². The van der Waals surface area contributed by atoms with Crippen LogP contribution in [0.5, 0.6) is 0 Å². The van der Waals surface area contributed by atoms with Crippen LogP contribution in [0.2, 0.25) is 0 Å². The van der Waals surface area contributed by atoms with Crippen LogP contribution in [0.15, 0.2) is 24.3 Å². The van der Waals surface area contributed by atoms with E-state index in [0.717, 1.165) is 5.25 Å². The van der Waals surface area contributed by atoms with Crippen LogP contribution < -0.4 is 0 Å².